The quantitative estimate of drug-likeness (QED) is 0.319. The van der Waals surface area contributed by atoms with Crippen molar-refractivity contribution < 1.29 is 29.3 Å². The minimum Gasteiger partial charge on any atom is -0.493 e. The Hall–Kier alpha value is -2.79. The van der Waals surface area contributed by atoms with Crippen LogP contribution in [0.2, 0.25) is 0 Å². The fourth-order valence-corrected chi connectivity index (χ4v) is 3.32. The first kappa shape index (κ1) is 25.5. The van der Waals surface area contributed by atoms with Gasteiger partial charge in [0.25, 0.3) is 5.09 Å². The van der Waals surface area contributed by atoms with Crippen molar-refractivity contribution in [3.8, 4) is 11.5 Å². The number of β-amino-alcohol motifs (C(OH)–C–C–N with tert-alkyl or cyclic N) is 1. The molecule has 3 N–H and O–H groups in total. The lowest BCUT2D eigenvalue weighted by molar-refractivity contribution is -0.759. The first-order valence-corrected chi connectivity index (χ1v) is 10.7. The Kier molecular flexibility index (Phi) is 9.79. The maximum atomic E-state index is 12.4. The number of ether oxygens (including phenoxy) is 2. The van der Waals surface area contributed by atoms with E-state index in [4.69, 9.17) is 9.47 Å². The minimum atomic E-state index is -0.782. The first-order valence-electron chi connectivity index (χ1n) is 10.7. The third kappa shape index (κ3) is 8.75. The molecule has 1 aliphatic heterocycles. The molecule has 180 valence electrons. The van der Waals surface area contributed by atoms with E-state index in [9.17, 15) is 20.0 Å². The topological polar surface area (TPSA) is 135 Å². The molecule has 0 aromatic heterocycles. The van der Waals surface area contributed by atoms with Gasteiger partial charge in [-0.3, -0.25) is 0 Å². The first-order chi connectivity index (χ1) is 15.2. The van der Waals surface area contributed by atoms with Gasteiger partial charge in [-0.1, -0.05) is 12.1 Å². The highest BCUT2D eigenvalue weighted by Gasteiger charge is 2.25. The van der Waals surface area contributed by atoms with E-state index >= 15 is 0 Å². The molecule has 2 amide bonds. The predicted molar refractivity (Wildman–Crippen MR) is 117 cm³/mol. The minimum absolute atomic E-state index is 0.0719. The summed E-state index contributed by atoms with van der Waals surface area (Å²) >= 11 is 0. The second kappa shape index (κ2) is 12.3. The Morgan fingerprint density at radius 3 is 2.59 bits per heavy atom. The standard InChI is InChI=1S/C21H34N4O7/c1-21(2,23-12-17(26)14-31-19-7-5-4-6-18(19)30-3)15-22-20(27)24-10-8-16(9-11-24)13-32-25(28)29/h4-7,16-17,23,26H,8-15H2,1-3H3,(H,22,27). The summed E-state index contributed by atoms with van der Waals surface area (Å²) in [4.78, 5) is 28.9. The number of carbonyl (C=O) groups is 1. The van der Waals surface area contributed by atoms with Gasteiger partial charge in [-0.05, 0) is 44.7 Å². The SMILES string of the molecule is COc1ccccc1OCC(O)CNC(C)(C)CNC(=O)N1CCC(CO[N+](=O)[O-])CC1. The largest absolute Gasteiger partial charge is 0.493 e. The molecule has 0 radical (unpaired) electrons. The number of amides is 2. The highest BCUT2D eigenvalue weighted by molar-refractivity contribution is 5.74. The van der Waals surface area contributed by atoms with Crippen molar-refractivity contribution in [2.24, 2.45) is 5.92 Å². The Morgan fingerprint density at radius 2 is 1.97 bits per heavy atom. The highest BCUT2D eigenvalue weighted by Crippen LogP contribution is 2.25. The van der Waals surface area contributed by atoms with Gasteiger partial charge < -0.3 is 35.0 Å². The van der Waals surface area contributed by atoms with Gasteiger partial charge in [0.05, 0.1) is 13.7 Å². The molecule has 0 bridgehead atoms. The van der Waals surface area contributed by atoms with Gasteiger partial charge >= 0.3 is 6.03 Å². The summed E-state index contributed by atoms with van der Waals surface area (Å²) in [5, 5.41) is 25.9. The fraction of sp³-hybridized carbons (Fsp3) is 0.667. The van der Waals surface area contributed by atoms with Crippen LogP contribution in [0.15, 0.2) is 24.3 Å². The summed E-state index contributed by atoms with van der Waals surface area (Å²) in [5.41, 5.74) is -0.445. The number of methoxy groups -OCH3 is 1. The average molecular weight is 455 g/mol. The Bertz CT molecular complexity index is 739. The Balaban J connectivity index is 1.66. The number of hydrogen-bond donors (Lipinski definition) is 3. The molecule has 1 heterocycles. The van der Waals surface area contributed by atoms with Crippen molar-refractivity contribution in [3.05, 3.63) is 34.4 Å². The Labute approximate surface area is 188 Å². The summed E-state index contributed by atoms with van der Waals surface area (Å²) in [6.07, 6.45) is 0.595. The second-order valence-corrected chi connectivity index (χ2v) is 8.49. The molecule has 2 rings (SSSR count). The number of hydrogen-bond acceptors (Lipinski definition) is 8. The van der Waals surface area contributed by atoms with E-state index in [0.717, 1.165) is 0 Å². The maximum absolute atomic E-state index is 12.4. The molecule has 1 aromatic rings. The molecule has 0 aliphatic carbocycles. The third-order valence-corrected chi connectivity index (χ3v) is 5.32. The van der Waals surface area contributed by atoms with Crippen molar-refractivity contribution in [3.63, 3.8) is 0 Å². The van der Waals surface area contributed by atoms with Gasteiger partial charge in [0.15, 0.2) is 11.5 Å². The van der Waals surface area contributed by atoms with Crippen molar-refractivity contribution >= 4 is 6.03 Å². The lowest BCUT2D eigenvalue weighted by Gasteiger charge is -2.33. The Morgan fingerprint density at radius 1 is 1.31 bits per heavy atom. The number of urea groups is 1. The average Bonchev–Trinajstić information content (AvgIpc) is 2.79. The number of rotatable bonds is 12. The van der Waals surface area contributed by atoms with Crippen LogP contribution in [0, 0.1) is 16.0 Å². The van der Waals surface area contributed by atoms with Crippen LogP contribution in [0.1, 0.15) is 26.7 Å². The van der Waals surface area contributed by atoms with E-state index in [1.54, 1.807) is 24.1 Å². The lowest BCUT2D eigenvalue weighted by Crippen LogP contribution is -2.54. The molecular formula is C21H34N4O7. The molecule has 1 aliphatic rings. The predicted octanol–water partition coefficient (Wildman–Crippen LogP) is 1.43. The lowest BCUT2D eigenvalue weighted by atomic mass is 9.98. The summed E-state index contributed by atoms with van der Waals surface area (Å²) in [6, 6.07) is 7.06. The molecular weight excluding hydrogens is 420 g/mol. The monoisotopic (exact) mass is 454 g/mol. The van der Waals surface area contributed by atoms with E-state index in [1.807, 2.05) is 26.0 Å². The van der Waals surface area contributed by atoms with Gasteiger partial charge in [-0.15, -0.1) is 10.1 Å². The van der Waals surface area contributed by atoms with E-state index in [1.165, 1.54) is 0 Å². The molecule has 0 spiro atoms. The van der Waals surface area contributed by atoms with Crippen molar-refractivity contribution in [1.29, 1.82) is 0 Å². The van der Waals surface area contributed by atoms with Crippen LogP contribution in [0.5, 0.6) is 11.5 Å². The number of aliphatic hydroxyl groups excluding tert-OH is 1. The second-order valence-electron chi connectivity index (χ2n) is 8.49. The van der Waals surface area contributed by atoms with Crippen LogP contribution in [0.4, 0.5) is 4.79 Å². The zero-order valence-electron chi connectivity index (χ0n) is 18.9. The van der Waals surface area contributed by atoms with Gasteiger partial charge in [-0.2, -0.15) is 0 Å². The molecule has 1 atom stereocenters. The van der Waals surface area contributed by atoms with E-state index in [0.29, 0.717) is 50.5 Å². The van der Waals surface area contributed by atoms with E-state index < -0.39 is 16.7 Å². The van der Waals surface area contributed by atoms with Crippen molar-refractivity contribution in [2.45, 2.75) is 38.3 Å². The number of nitrogens with one attached hydrogen (secondary N) is 2. The van der Waals surface area contributed by atoms with Gasteiger partial charge in [0.2, 0.25) is 0 Å². The molecule has 11 nitrogen and oxygen atoms in total. The number of piperidine rings is 1. The molecule has 0 saturated carbocycles. The summed E-state index contributed by atoms with van der Waals surface area (Å²) in [6.45, 7) is 5.77. The van der Waals surface area contributed by atoms with Crippen LogP contribution in [-0.4, -0.2) is 79.3 Å². The van der Waals surface area contributed by atoms with Gasteiger partial charge in [-0.25, -0.2) is 4.79 Å². The molecule has 32 heavy (non-hydrogen) atoms. The summed E-state index contributed by atoms with van der Waals surface area (Å²) < 4.78 is 10.9. The zero-order valence-corrected chi connectivity index (χ0v) is 18.9. The summed E-state index contributed by atoms with van der Waals surface area (Å²) in [7, 11) is 1.56. The van der Waals surface area contributed by atoms with Crippen LogP contribution in [-0.2, 0) is 4.84 Å². The van der Waals surface area contributed by atoms with Crippen LogP contribution >= 0.6 is 0 Å². The van der Waals surface area contributed by atoms with Gasteiger partial charge in [0.1, 0.15) is 12.7 Å². The molecule has 1 aromatic carbocycles. The number of nitrogens with zero attached hydrogens (tertiary/aromatic N) is 2. The van der Waals surface area contributed by atoms with E-state index in [2.05, 4.69) is 15.5 Å². The normalized spacial score (nSPS) is 15.7. The number of aliphatic hydroxyl groups is 1. The number of para-hydroxylation sites is 2. The highest BCUT2D eigenvalue weighted by atomic mass is 16.9. The molecule has 1 fully saturated rings. The third-order valence-electron chi connectivity index (χ3n) is 5.32. The summed E-state index contributed by atoms with van der Waals surface area (Å²) in [5.74, 6) is 1.25. The molecule has 11 heteroatoms. The van der Waals surface area contributed by atoms with Crippen LogP contribution < -0.4 is 20.1 Å². The molecule has 1 saturated heterocycles. The van der Waals surface area contributed by atoms with Crippen molar-refractivity contribution in [1.82, 2.24) is 15.5 Å². The van der Waals surface area contributed by atoms with E-state index in [-0.39, 0.29) is 25.2 Å². The van der Waals surface area contributed by atoms with Crippen molar-refractivity contribution in [2.75, 3.05) is 46.5 Å². The smallest absolute Gasteiger partial charge is 0.317 e. The van der Waals surface area contributed by atoms with Crippen LogP contribution in [0.25, 0.3) is 0 Å². The molecule has 1 unspecified atom stereocenters. The van der Waals surface area contributed by atoms with Gasteiger partial charge in [0, 0.05) is 31.7 Å². The number of benzene rings is 1. The number of carbonyl (C=O) groups excluding carboxylic acids is 1. The fourth-order valence-electron chi connectivity index (χ4n) is 3.32. The van der Waals surface area contributed by atoms with Crippen LogP contribution in [0.3, 0.4) is 0 Å². The maximum Gasteiger partial charge on any atom is 0.317 e. The number of likely N-dealkylation sites (tertiary alicyclic amines) is 1. The zero-order chi connectivity index (χ0) is 23.6.